The molecule has 0 saturated carbocycles. The molecule has 1 aromatic rings. The first kappa shape index (κ1) is 26.4. The van der Waals surface area contributed by atoms with Crippen molar-refractivity contribution in [3.05, 3.63) is 24.3 Å². The lowest BCUT2D eigenvalue weighted by molar-refractivity contribution is 0.0984. The van der Waals surface area contributed by atoms with E-state index in [0.717, 1.165) is 36.4 Å². The topological polar surface area (TPSA) is 100 Å². The van der Waals surface area contributed by atoms with Crippen molar-refractivity contribution in [3.8, 4) is 0 Å². The van der Waals surface area contributed by atoms with Gasteiger partial charge in [-0.15, -0.1) is 0 Å². The summed E-state index contributed by atoms with van der Waals surface area (Å²) in [4.78, 5) is 1.10. The summed E-state index contributed by atoms with van der Waals surface area (Å²) in [7, 11) is -3.55. The maximum atomic E-state index is 12.8. The van der Waals surface area contributed by atoms with Gasteiger partial charge in [0.2, 0.25) is 0 Å². The third-order valence-corrected chi connectivity index (χ3v) is 6.82. The normalized spacial score (nSPS) is 13.3. The fraction of sp³-hybridized carbons (Fsp3) is 0.700. The van der Waals surface area contributed by atoms with Gasteiger partial charge >= 0.3 is 7.82 Å². The van der Waals surface area contributed by atoms with Crippen molar-refractivity contribution in [2.24, 2.45) is 11.7 Å². The largest absolute Gasteiger partial charge is 0.474 e. The van der Waals surface area contributed by atoms with E-state index in [2.05, 4.69) is 18.2 Å². The average molecular weight is 448 g/mol. The van der Waals surface area contributed by atoms with E-state index in [1.165, 1.54) is 0 Å². The van der Waals surface area contributed by atoms with Gasteiger partial charge in [-0.1, -0.05) is 20.3 Å². The van der Waals surface area contributed by atoms with Crippen molar-refractivity contribution in [2.75, 3.05) is 38.6 Å². The number of hydrogen-bond donors (Lipinski definition) is 2. The predicted octanol–water partition coefficient (Wildman–Crippen LogP) is 4.93. The first-order valence-corrected chi connectivity index (χ1v) is 12.6. The number of hydrogen-bond acceptors (Lipinski definition) is 8. The summed E-state index contributed by atoms with van der Waals surface area (Å²) in [5.74, 6) is 0.457. The van der Waals surface area contributed by atoms with Crippen LogP contribution in [0.1, 0.15) is 47.0 Å². The van der Waals surface area contributed by atoms with Crippen LogP contribution in [0.3, 0.4) is 0 Å². The standard InChI is InChI=1S/C20H38N3O4PS/c1-5-25-28(24,26-6-2)27-16-19(9-7-8-14-21)23(15-17(3)4)29-20-12-10-18(22)11-13-20/h10-13,17,19H,5-9,14-16,21-22H2,1-4H3/t19-/m0/s1. The van der Waals surface area contributed by atoms with Crippen LogP contribution in [0.15, 0.2) is 29.2 Å². The molecule has 0 aliphatic carbocycles. The highest BCUT2D eigenvalue weighted by molar-refractivity contribution is 7.97. The Hall–Kier alpha value is -0.600. The SMILES string of the molecule is CCOP(=O)(OCC)OC[C@H](CCCCN)N(CC(C)C)Sc1ccc(N)cc1. The number of anilines is 1. The number of phosphoric ester groups is 1. The Morgan fingerprint density at radius 3 is 2.21 bits per heavy atom. The van der Waals surface area contributed by atoms with Crippen LogP contribution in [0.4, 0.5) is 5.69 Å². The lowest BCUT2D eigenvalue weighted by Crippen LogP contribution is -2.36. The molecule has 1 rings (SSSR count). The molecule has 1 aromatic carbocycles. The van der Waals surface area contributed by atoms with Gasteiger partial charge in [0.05, 0.1) is 19.8 Å². The van der Waals surface area contributed by atoms with E-state index < -0.39 is 7.82 Å². The molecule has 4 N–H and O–H groups in total. The van der Waals surface area contributed by atoms with Crippen LogP contribution in [0, 0.1) is 5.92 Å². The minimum atomic E-state index is -3.55. The summed E-state index contributed by atoms with van der Waals surface area (Å²) >= 11 is 1.66. The van der Waals surface area contributed by atoms with E-state index in [1.807, 2.05) is 24.3 Å². The monoisotopic (exact) mass is 447 g/mol. The molecule has 0 aliphatic heterocycles. The van der Waals surface area contributed by atoms with E-state index in [1.54, 1.807) is 25.8 Å². The zero-order valence-electron chi connectivity index (χ0n) is 18.2. The predicted molar refractivity (Wildman–Crippen MR) is 122 cm³/mol. The van der Waals surface area contributed by atoms with Gasteiger partial charge in [0.25, 0.3) is 0 Å². The van der Waals surface area contributed by atoms with E-state index in [4.69, 9.17) is 25.0 Å². The van der Waals surface area contributed by atoms with Crippen LogP contribution in [0.25, 0.3) is 0 Å². The number of rotatable bonds is 16. The van der Waals surface area contributed by atoms with Crippen molar-refractivity contribution in [3.63, 3.8) is 0 Å². The molecule has 7 nitrogen and oxygen atoms in total. The lowest BCUT2D eigenvalue weighted by atomic mass is 10.1. The molecule has 168 valence electrons. The van der Waals surface area contributed by atoms with Crippen molar-refractivity contribution in [1.82, 2.24) is 4.31 Å². The molecule has 0 heterocycles. The van der Waals surface area contributed by atoms with Crippen LogP contribution in [-0.2, 0) is 18.1 Å². The minimum Gasteiger partial charge on any atom is -0.399 e. The molecule has 0 amide bonds. The Bertz CT molecular complexity index is 594. The molecular weight excluding hydrogens is 409 g/mol. The molecule has 29 heavy (non-hydrogen) atoms. The summed E-state index contributed by atoms with van der Waals surface area (Å²) in [6, 6.07) is 7.86. The maximum Gasteiger partial charge on any atom is 0.474 e. The quantitative estimate of drug-likeness (QED) is 0.159. The van der Waals surface area contributed by atoms with E-state index >= 15 is 0 Å². The molecule has 9 heteroatoms. The van der Waals surface area contributed by atoms with Gasteiger partial charge in [-0.05, 0) is 75.4 Å². The van der Waals surface area contributed by atoms with Crippen molar-refractivity contribution in [2.45, 2.75) is 57.9 Å². The van der Waals surface area contributed by atoms with Gasteiger partial charge < -0.3 is 11.5 Å². The fourth-order valence-corrected chi connectivity index (χ4v) is 5.15. The smallest absolute Gasteiger partial charge is 0.399 e. The third kappa shape index (κ3) is 10.8. The summed E-state index contributed by atoms with van der Waals surface area (Å²) in [6.07, 6.45) is 2.78. The summed E-state index contributed by atoms with van der Waals surface area (Å²) in [5.41, 5.74) is 12.2. The Balaban J connectivity index is 2.96. The fourth-order valence-electron chi connectivity index (χ4n) is 2.72. The van der Waals surface area contributed by atoms with Gasteiger partial charge in [-0.3, -0.25) is 13.6 Å². The molecule has 0 fully saturated rings. The van der Waals surface area contributed by atoms with Crippen LogP contribution < -0.4 is 11.5 Å². The average Bonchev–Trinajstić information content (AvgIpc) is 2.66. The molecule has 1 atom stereocenters. The molecular formula is C20H38N3O4PS. The van der Waals surface area contributed by atoms with Crippen LogP contribution in [0.5, 0.6) is 0 Å². The second-order valence-electron chi connectivity index (χ2n) is 7.17. The zero-order chi connectivity index (χ0) is 21.7. The molecule has 0 unspecified atom stereocenters. The lowest BCUT2D eigenvalue weighted by Gasteiger charge is -2.32. The first-order valence-electron chi connectivity index (χ1n) is 10.4. The van der Waals surface area contributed by atoms with Gasteiger partial charge in [0.1, 0.15) is 0 Å². The van der Waals surface area contributed by atoms with E-state index in [-0.39, 0.29) is 25.9 Å². The van der Waals surface area contributed by atoms with Gasteiger partial charge in [0.15, 0.2) is 0 Å². The Morgan fingerprint density at radius 1 is 1.07 bits per heavy atom. The molecule has 0 aliphatic rings. The van der Waals surface area contributed by atoms with E-state index in [9.17, 15) is 4.57 Å². The van der Waals surface area contributed by atoms with Crippen LogP contribution in [0.2, 0.25) is 0 Å². The van der Waals surface area contributed by atoms with Crippen molar-refractivity contribution < 1.29 is 18.1 Å². The summed E-state index contributed by atoms with van der Waals surface area (Å²) in [5, 5.41) is 0. The Labute approximate surface area is 180 Å². The van der Waals surface area contributed by atoms with Crippen molar-refractivity contribution in [1.29, 1.82) is 0 Å². The summed E-state index contributed by atoms with van der Waals surface area (Å²) < 4.78 is 31.4. The number of nitrogen functional groups attached to an aromatic ring is 1. The van der Waals surface area contributed by atoms with E-state index in [0.29, 0.717) is 12.5 Å². The molecule has 0 saturated heterocycles. The Morgan fingerprint density at radius 2 is 1.69 bits per heavy atom. The molecule has 0 spiro atoms. The number of unbranched alkanes of at least 4 members (excludes halogenated alkanes) is 1. The van der Waals surface area contributed by atoms with Crippen LogP contribution >= 0.6 is 19.8 Å². The van der Waals surface area contributed by atoms with Gasteiger partial charge in [0, 0.05) is 23.2 Å². The van der Waals surface area contributed by atoms with Gasteiger partial charge in [-0.2, -0.15) is 0 Å². The molecule has 0 radical (unpaired) electrons. The highest BCUT2D eigenvalue weighted by atomic mass is 32.2. The molecule has 0 aromatic heterocycles. The molecule has 0 bridgehead atoms. The highest BCUT2D eigenvalue weighted by Gasteiger charge is 2.29. The minimum absolute atomic E-state index is 0.0424. The second kappa shape index (κ2) is 14.4. The highest BCUT2D eigenvalue weighted by Crippen LogP contribution is 2.49. The number of benzene rings is 1. The number of nitrogens with zero attached hydrogens (tertiary/aromatic N) is 1. The van der Waals surface area contributed by atoms with Gasteiger partial charge in [-0.25, -0.2) is 8.87 Å². The maximum absolute atomic E-state index is 12.8. The van der Waals surface area contributed by atoms with Crippen LogP contribution in [-0.4, -0.2) is 43.3 Å². The first-order chi connectivity index (χ1) is 13.8. The Kier molecular flexibility index (Phi) is 13.1. The van der Waals surface area contributed by atoms with Crippen molar-refractivity contribution >= 4 is 25.5 Å². The zero-order valence-corrected chi connectivity index (χ0v) is 19.9. The second-order valence-corrected chi connectivity index (χ2v) is 9.96. The number of nitrogens with two attached hydrogens (primary N) is 2. The number of phosphoric acid groups is 1. The summed E-state index contributed by atoms with van der Waals surface area (Å²) in [6.45, 7) is 10.2. The third-order valence-electron chi connectivity index (χ3n) is 4.05.